The minimum absolute atomic E-state index is 0.0363. The number of H-pyrrole nitrogens is 1. The molecule has 1 aromatic heterocycles. The number of carbonyl (C=O) groups excluding carboxylic acids is 5. The number of amides is 4. The van der Waals surface area contributed by atoms with Gasteiger partial charge in [-0.2, -0.15) is 0 Å². The number of nitrogens with one attached hydrogen (secondary N) is 3. The van der Waals surface area contributed by atoms with Gasteiger partial charge in [-0.05, 0) is 37.0 Å². The predicted molar refractivity (Wildman–Crippen MR) is 148 cm³/mol. The number of hydrogen-bond donors (Lipinski definition) is 3. The maximum Gasteiger partial charge on any atom is 0.310 e. The maximum atomic E-state index is 13.8. The second-order valence-electron chi connectivity index (χ2n) is 10.7. The smallest absolute Gasteiger partial charge is 0.310 e. The fourth-order valence-electron chi connectivity index (χ4n) is 5.67. The van der Waals surface area contributed by atoms with E-state index in [2.05, 4.69) is 15.6 Å². The zero-order chi connectivity index (χ0) is 29.2. The Bertz CT molecular complexity index is 1490. The first-order chi connectivity index (χ1) is 20.4. The highest BCUT2D eigenvalue weighted by Gasteiger charge is 2.46. The Morgan fingerprint density at radius 2 is 1.79 bits per heavy atom. The molecule has 218 valence electrons. The number of ether oxygens (including phenoxy) is 2. The van der Waals surface area contributed by atoms with Crippen LogP contribution in [-0.2, 0) is 35.3 Å². The van der Waals surface area contributed by atoms with Crippen molar-refractivity contribution < 1.29 is 33.4 Å². The number of para-hydroxylation sites is 1. The summed E-state index contributed by atoms with van der Waals surface area (Å²) < 4.78 is 11.1. The Balaban J connectivity index is 1.16. The highest BCUT2D eigenvalue weighted by molar-refractivity contribution is 6.01. The Morgan fingerprint density at radius 1 is 1.00 bits per heavy atom. The van der Waals surface area contributed by atoms with E-state index in [0.29, 0.717) is 12.8 Å². The Hall–Kier alpha value is -4.71. The zero-order valence-electron chi connectivity index (χ0n) is 22.8. The summed E-state index contributed by atoms with van der Waals surface area (Å²) >= 11 is 0. The van der Waals surface area contributed by atoms with Gasteiger partial charge in [0.25, 0.3) is 11.8 Å². The molecule has 3 N–H and O–H groups in total. The Kier molecular flexibility index (Phi) is 7.62. The summed E-state index contributed by atoms with van der Waals surface area (Å²) in [5.74, 6) is -2.36. The van der Waals surface area contributed by atoms with Crippen LogP contribution in [0.1, 0.15) is 48.2 Å². The van der Waals surface area contributed by atoms with Gasteiger partial charge in [0.1, 0.15) is 23.8 Å². The van der Waals surface area contributed by atoms with Crippen LogP contribution in [0.25, 0.3) is 10.9 Å². The molecule has 4 amide bonds. The first-order valence-electron chi connectivity index (χ1n) is 14.0. The molecule has 0 bridgehead atoms. The molecule has 0 radical (unpaired) electrons. The molecule has 42 heavy (non-hydrogen) atoms. The van der Waals surface area contributed by atoms with Crippen LogP contribution in [0.2, 0.25) is 0 Å². The number of hydrogen-bond acceptors (Lipinski definition) is 7. The fraction of sp³-hybridized carbons (Fsp3) is 0.367. The van der Waals surface area contributed by atoms with Gasteiger partial charge in [0, 0.05) is 23.9 Å². The van der Waals surface area contributed by atoms with Crippen molar-refractivity contribution in [3.63, 3.8) is 0 Å². The molecule has 3 fully saturated rings. The highest BCUT2D eigenvalue weighted by atomic mass is 16.7. The number of benzene rings is 2. The van der Waals surface area contributed by atoms with Crippen molar-refractivity contribution in [3.05, 3.63) is 71.9 Å². The van der Waals surface area contributed by atoms with Crippen LogP contribution in [0.3, 0.4) is 0 Å². The molecule has 0 saturated carbocycles. The molecule has 4 heterocycles. The van der Waals surface area contributed by atoms with E-state index in [1.165, 1.54) is 10.0 Å². The molecule has 0 spiro atoms. The SMILES string of the molecule is O=C1CC(NC(=O)C2CCCN3C(=O)CCC(NC(=O)c4cc5ccccc5[nH]4)C(=O)N23)C(OCc2ccccc2)O1. The molecule has 4 atom stereocenters. The van der Waals surface area contributed by atoms with E-state index in [9.17, 15) is 24.0 Å². The summed E-state index contributed by atoms with van der Waals surface area (Å²) in [4.78, 5) is 68.7. The third-order valence-electron chi connectivity index (χ3n) is 7.79. The highest BCUT2D eigenvalue weighted by Crippen LogP contribution is 2.26. The van der Waals surface area contributed by atoms with Gasteiger partial charge in [0.15, 0.2) is 0 Å². The van der Waals surface area contributed by atoms with Crippen molar-refractivity contribution in [2.45, 2.75) is 63.1 Å². The standard InChI is InChI=1S/C30H31N5O7/c36-25-13-12-21(32-27(38)22-15-19-9-4-5-10-20(19)31-22)29(40)35-24(11-6-14-34(25)35)28(39)33-23-16-26(37)42-30(23)41-17-18-7-2-1-3-8-18/h1-5,7-10,15,21,23-24,30-31H,6,11-14,16-17H2,(H,32,38)(H,33,39). The van der Waals surface area contributed by atoms with Gasteiger partial charge in [-0.1, -0.05) is 48.5 Å². The van der Waals surface area contributed by atoms with Crippen LogP contribution in [0.4, 0.5) is 0 Å². The van der Waals surface area contributed by atoms with Gasteiger partial charge in [0.05, 0.1) is 13.0 Å². The van der Waals surface area contributed by atoms with E-state index in [1.807, 2.05) is 54.6 Å². The summed E-state index contributed by atoms with van der Waals surface area (Å²) in [6.45, 7) is 0.462. The first kappa shape index (κ1) is 27.5. The Morgan fingerprint density at radius 3 is 2.60 bits per heavy atom. The molecule has 0 aliphatic carbocycles. The minimum atomic E-state index is -1.01. The molecule has 3 aliphatic rings. The molecule has 4 unspecified atom stereocenters. The maximum absolute atomic E-state index is 13.8. The van der Waals surface area contributed by atoms with Crippen LogP contribution >= 0.6 is 0 Å². The van der Waals surface area contributed by atoms with E-state index in [4.69, 9.17) is 9.47 Å². The van der Waals surface area contributed by atoms with Crippen LogP contribution in [0.15, 0.2) is 60.7 Å². The normalized spacial score (nSPS) is 24.2. The summed E-state index contributed by atoms with van der Waals surface area (Å²) in [6, 6.07) is 15.7. The van der Waals surface area contributed by atoms with Gasteiger partial charge >= 0.3 is 5.97 Å². The lowest BCUT2D eigenvalue weighted by molar-refractivity contribution is -0.177. The Labute approximate surface area is 241 Å². The second kappa shape index (κ2) is 11.6. The predicted octanol–water partition coefficient (Wildman–Crippen LogP) is 1.77. The van der Waals surface area contributed by atoms with Gasteiger partial charge < -0.3 is 25.1 Å². The number of carbonyl (C=O) groups is 5. The number of aromatic amines is 1. The first-order valence-corrected chi connectivity index (χ1v) is 14.0. The molecule has 3 aromatic rings. The lowest BCUT2D eigenvalue weighted by Crippen LogP contribution is -2.64. The molecular weight excluding hydrogens is 542 g/mol. The monoisotopic (exact) mass is 573 g/mol. The van der Waals surface area contributed by atoms with Gasteiger partial charge in [-0.25, -0.2) is 5.01 Å². The second-order valence-corrected chi connectivity index (χ2v) is 10.7. The van der Waals surface area contributed by atoms with E-state index < -0.39 is 48.1 Å². The number of nitrogens with zero attached hydrogens (tertiary/aromatic N) is 2. The lowest BCUT2D eigenvalue weighted by atomic mass is 10.0. The van der Waals surface area contributed by atoms with Crippen LogP contribution in [0, 0.1) is 0 Å². The van der Waals surface area contributed by atoms with Crippen molar-refractivity contribution in [2.75, 3.05) is 6.54 Å². The summed E-state index contributed by atoms with van der Waals surface area (Å²) in [6.07, 6.45) is -0.127. The molecule has 3 aliphatic heterocycles. The van der Waals surface area contributed by atoms with E-state index in [-0.39, 0.29) is 44.0 Å². The third kappa shape index (κ3) is 5.57. The number of cyclic esters (lactones) is 1. The van der Waals surface area contributed by atoms with Gasteiger partial charge in [0.2, 0.25) is 18.1 Å². The van der Waals surface area contributed by atoms with Crippen molar-refractivity contribution in [1.29, 1.82) is 0 Å². The largest absolute Gasteiger partial charge is 0.433 e. The van der Waals surface area contributed by atoms with E-state index >= 15 is 0 Å². The van der Waals surface area contributed by atoms with Crippen molar-refractivity contribution in [1.82, 2.24) is 25.6 Å². The van der Waals surface area contributed by atoms with Crippen molar-refractivity contribution in [2.24, 2.45) is 0 Å². The number of rotatable bonds is 7. The molecular formula is C30H31N5O7. The number of esters is 1. The summed E-state index contributed by atoms with van der Waals surface area (Å²) in [7, 11) is 0. The summed E-state index contributed by atoms with van der Waals surface area (Å²) in [5, 5.41) is 8.92. The minimum Gasteiger partial charge on any atom is -0.433 e. The molecule has 12 heteroatoms. The average molecular weight is 574 g/mol. The molecule has 2 aromatic carbocycles. The summed E-state index contributed by atoms with van der Waals surface area (Å²) in [5.41, 5.74) is 1.95. The number of hydrazine groups is 1. The van der Waals surface area contributed by atoms with Gasteiger partial charge in [-0.15, -0.1) is 0 Å². The van der Waals surface area contributed by atoms with Crippen molar-refractivity contribution >= 4 is 40.5 Å². The zero-order valence-corrected chi connectivity index (χ0v) is 22.8. The van der Waals surface area contributed by atoms with Crippen molar-refractivity contribution in [3.8, 4) is 0 Å². The third-order valence-corrected chi connectivity index (χ3v) is 7.79. The fourth-order valence-corrected chi connectivity index (χ4v) is 5.67. The lowest BCUT2D eigenvalue weighted by Gasteiger charge is -2.43. The van der Waals surface area contributed by atoms with E-state index in [0.717, 1.165) is 16.5 Å². The van der Waals surface area contributed by atoms with Gasteiger partial charge in [-0.3, -0.25) is 29.0 Å². The van der Waals surface area contributed by atoms with Crippen LogP contribution in [0.5, 0.6) is 0 Å². The number of aromatic nitrogens is 1. The average Bonchev–Trinajstić information content (AvgIpc) is 3.57. The topological polar surface area (TPSA) is 150 Å². The van der Waals surface area contributed by atoms with Crippen LogP contribution in [-0.4, -0.2) is 75.6 Å². The molecule has 6 rings (SSSR count). The van der Waals surface area contributed by atoms with Crippen LogP contribution < -0.4 is 10.6 Å². The number of fused-ring (bicyclic) bond motifs is 2. The van der Waals surface area contributed by atoms with E-state index in [1.54, 1.807) is 6.07 Å². The quantitative estimate of drug-likeness (QED) is 0.365. The molecule has 3 saturated heterocycles. The molecule has 12 nitrogen and oxygen atoms in total.